The lowest BCUT2D eigenvalue weighted by molar-refractivity contribution is 0.0842. The minimum atomic E-state index is -1.05. The van der Waals surface area contributed by atoms with Gasteiger partial charge in [0.15, 0.2) is 0 Å². The van der Waals surface area contributed by atoms with Crippen LogP contribution >= 0.6 is 11.6 Å². The molecule has 0 saturated carbocycles. The Morgan fingerprint density at radius 1 is 1.00 bits per heavy atom. The van der Waals surface area contributed by atoms with Gasteiger partial charge in [0.1, 0.15) is 5.60 Å². The van der Waals surface area contributed by atoms with Gasteiger partial charge in [-0.1, -0.05) is 60.1 Å². The monoisotopic (exact) mass is 258 g/mol. The molecule has 18 heavy (non-hydrogen) atoms. The standard InChI is InChI=1S/C16H15ClO/c1-2-12-16(18,13-6-4-3-5-7-13)14-8-10-15(17)11-9-14/h2-11,18H,1,12H2. The van der Waals surface area contributed by atoms with Crippen LogP contribution in [0.2, 0.25) is 5.02 Å². The third kappa shape index (κ3) is 2.47. The largest absolute Gasteiger partial charge is 0.380 e. The summed E-state index contributed by atoms with van der Waals surface area (Å²) in [7, 11) is 0. The summed E-state index contributed by atoms with van der Waals surface area (Å²) in [5.41, 5.74) is 0.623. The van der Waals surface area contributed by atoms with Crippen molar-refractivity contribution >= 4 is 11.6 Å². The quantitative estimate of drug-likeness (QED) is 0.817. The van der Waals surface area contributed by atoms with E-state index >= 15 is 0 Å². The predicted molar refractivity (Wildman–Crippen MR) is 75.7 cm³/mol. The molecule has 0 fully saturated rings. The maximum Gasteiger partial charge on any atom is 0.118 e. The molecule has 0 saturated heterocycles. The van der Waals surface area contributed by atoms with E-state index in [-0.39, 0.29) is 0 Å². The number of hydrogen-bond donors (Lipinski definition) is 1. The zero-order valence-electron chi connectivity index (χ0n) is 10.0. The second-order valence-corrected chi connectivity index (χ2v) is 4.66. The van der Waals surface area contributed by atoms with Crippen LogP contribution in [0.5, 0.6) is 0 Å². The normalized spacial score (nSPS) is 13.9. The van der Waals surface area contributed by atoms with Crippen molar-refractivity contribution in [2.45, 2.75) is 12.0 Å². The first-order valence-electron chi connectivity index (χ1n) is 5.81. The van der Waals surface area contributed by atoms with Crippen LogP contribution in [0.15, 0.2) is 67.3 Å². The highest BCUT2D eigenvalue weighted by atomic mass is 35.5. The van der Waals surface area contributed by atoms with Gasteiger partial charge in [-0.2, -0.15) is 0 Å². The molecule has 0 amide bonds. The van der Waals surface area contributed by atoms with Gasteiger partial charge in [0, 0.05) is 11.4 Å². The predicted octanol–water partition coefficient (Wildman–Crippen LogP) is 4.15. The van der Waals surface area contributed by atoms with Crippen molar-refractivity contribution in [2.75, 3.05) is 0 Å². The van der Waals surface area contributed by atoms with Crippen LogP contribution in [0.3, 0.4) is 0 Å². The van der Waals surface area contributed by atoms with E-state index in [1.807, 2.05) is 42.5 Å². The summed E-state index contributed by atoms with van der Waals surface area (Å²) < 4.78 is 0. The Hall–Kier alpha value is -1.57. The Labute approximate surface area is 112 Å². The molecule has 1 nitrogen and oxygen atoms in total. The van der Waals surface area contributed by atoms with E-state index < -0.39 is 5.60 Å². The van der Waals surface area contributed by atoms with E-state index in [0.717, 1.165) is 11.1 Å². The van der Waals surface area contributed by atoms with Crippen molar-refractivity contribution in [3.8, 4) is 0 Å². The summed E-state index contributed by atoms with van der Waals surface area (Å²) in [6.07, 6.45) is 2.18. The fraction of sp³-hybridized carbons (Fsp3) is 0.125. The van der Waals surface area contributed by atoms with Gasteiger partial charge in [-0.3, -0.25) is 0 Å². The lowest BCUT2D eigenvalue weighted by Gasteiger charge is -2.28. The fourth-order valence-electron chi connectivity index (χ4n) is 2.05. The summed E-state index contributed by atoms with van der Waals surface area (Å²) in [5.74, 6) is 0. The van der Waals surface area contributed by atoms with Crippen LogP contribution in [0.4, 0.5) is 0 Å². The van der Waals surface area contributed by atoms with Gasteiger partial charge >= 0.3 is 0 Å². The number of halogens is 1. The van der Waals surface area contributed by atoms with Crippen LogP contribution in [-0.2, 0) is 5.60 Å². The van der Waals surface area contributed by atoms with Gasteiger partial charge in [0.2, 0.25) is 0 Å². The molecule has 1 N–H and O–H groups in total. The molecule has 1 atom stereocenters. The molecule has 2 heteroatoms. The molecule has 0 aromatic heterocycles. The average molecular weight is 259 g/mol. The molecule has 0 radical (unpaired) electrons. The summed E-state index contributed by atoms with van der Waals surface area (Å²) >= 11 is 5.88. The molecule has 2 rings (SSSR count). The van der Waals surface area contributed by atoms with Crippen LogP contribution in [-0.4, -0.2) is 5.11 Å². The van der Waals surface area contributed by atoms with Crippen LogP contribution < -0.4 is 0 Å². The number of benzene rings is 2. The molecule has 2 aromatic rings. The Morgan fingerprint density at radius 3 is 2.11 bits per heavy atom. The highest BCUT2D eigenvalue weighted by molar-refractivity contribution is 6.30. The van der Waals surface area contributed by atoms with Crippen molar-refractivity contribution in [2.24, 2.45) is 0 Å². The minimum Gasteiger partial charge on any atom is -0.380 e. The summed E-state index contributed by atoms with van der Waals surface area (Å²) in [5, 5.41) is 11.6. The van der Waals surface area contributed by atoms with Crippen molar-refractivity contribution in [1.29, 1.82) is 0 Å². The Kier molecular flexibility index (Phi) is 3.85. The third-order valence-corrected chi connectivity index (χ3v) is 3.26. The lowest BCUT2D eigenvalue weighted by Crippen LogP contribution is -2.26. The molecule has 0 heterocycles. The Morgan fingerprint density at radius 2 is 1.56 bits per heavy atom. The Balaban J connectivity index is 2.50. The van der Waals surface area contributed by atoms with E-state index in [0.29, 0.717) is 11.4 Å². The SMILES string of the molecule is C=CCC(O)(c1ccccc1)c1ccc(Cl)cc1. The van der Waals surface area contributed by atoms with E-state index in [1.54, 1.807) is 18.2 Å². The molecule has 0 aliphatic rings. The van der Waals surface area contributed by atoms with Gasteiger partial charge in [0.25, 0.3) is 0 Å². The van der Waals surface area contributed by atoms with Crippen molar-refractivity contribution in [3.63, 3.8) is 0 Å². The molecular weight excluding hydrogens is 244 g/mol. The first kappa shape index (κ1) is 12.9. The molecule has 0 aliphatic carbocycles. The van der Waals surface area contributed by atoms with E-state index in [9.17, 15) is 5.11 Å². The fourth-order valence-corrected chi connectivity index (χ4v) is 2.18. The summed E-state index contributed by atoms with van der Waals surface area (Å²) in [4.78, 5) is 0. The summed E-state index contributed by atoms with van der Waals surface area (Å²) in [6, 6.07) is 16.9. The van der Waals surface area contributed by atoms with Gasteiger partial charge in [-0.15, -0.1) is 6.58 Å². The van der Waals surface area contributed by atoms with Crippen molar-refractivity contribution in [1.82, 2.24) is 0 Å². The van der Waals surface area contributed by atoms with Crippen LogP contribution in [0.25, 0.3) is 0 Å². The first-order chi connectivity index (χ1) is 8.66. The molecule has 0 spiro atoms. The number of aliphatic hydroxyl groups is 1. The second-order valence-electron chi connectivity index (χ2n) is 4.23. The van der Waals surface area contributed by atoms with Crippen LogP contribution in [0.1, 0.15) is 17.5 Å². The zero-order chi connectivity index (χ0) is 13.0. The van der Waals surface area contributed by atoms with Crippen molar-refractivity contribution < 1.29 is 5.11 Å². The number of hydrogen-bond acceptors (Lipinski definition) is 1. The van der Waals surface area contributed by atoms with Gasteiger partial charge < -0.3 is 5.11 Å². The molecule has 1 unspecified atom stereocenters. The summed E-state index contributed by atoms with van der Waals surface area (Å²) in [6.45, 7) is 3.73. The first-order valence-corrected chi connectivity index (χ1v) is 6.19. The maximum atomic E-state index is 10.9. The highest BCUT2D eigenvalue weighted by Gasteiger charge is 2.29. The molecule has 92 valence electrons. The van der Waals surface area contributed by atoms with Gasteiger partial charge in [0.05, 0.1) is 0 Å². The molecule has 0 bridgehead atoms. The second kappa shape index (κ2) is 5.38. The molecular formula is C16H15ClO. The van der Waals surface area contributed by atoms with Gasteiger partial charge in [-0.25, -0.2) is 0 Å². The van der Waals surface area contributed by atoms with E-state index in [4.69, 9.17) is 11.6 Å². The topological polar surface area (TPSA) is 20.2 Å². The maximum absolute atomic E-state index is 10.9. The molecule has 0 aliphatic heterocycles. The van der Waals surface area contributed by atoms with Gasteiger partial charge in [-0.05, 0) is 23.3 Å². The number of rotatable bonds is 4. The lowest BCUT2D eigenvalue weighted by atomic mass is 9.84. The minimum absolute atomic E-state index is 0.457. The van der Waals surface area contributed by atoms with E-state index in [1.165, 1.54) is 0 Å². The smallest absolute Gasteiger partial charge is 0.118 e. The zero-order valence-corrected chi connectivity index (χ0v) is 10.8. The average Bonchev–Trinajstić information content (AvgIpc) is 2.40. The van der Waals surface area contributed by atoms with E-state index in [2.05, 4.69) is 6.58 Å². The van der Waals surface area contributed by atoms with Crippen LogP contribution in [0, 0.1) is 0 Å². The molecule has 2 aromatic carbocycles. The third-order valence-electron chi connectivity index (χ3n) is 3.01. The van der Waals surface area contributed by atoms with Crippen molar-refractivity contribution in [3.05, 3.63) is 83.4 Å². The highest BCUT2D eigenvalue weighted by Crippen LogP contribution is 2.33. The Bertz CT molecular complexity index is 519.